The first-order chi connectivity index (χ1) is 20.5. The minimum Gasteiger partial charge on any atom is -0.378 e. The highest BCUT2D eigenvalue weighted by Crippen LogP contribution is 2.28. The number of benzene rings is 1. The van der Waals surface area contributed by atoms with Crippen LogP contribution in [0.1, 0.15) is 63.4 Å². The summed E-state index contributed by atoms with van der Waals surface area (Å²) in [5.41, 5.74) is 1.36. The molecule has 5 rings (SSSR count). The molecular formula is C32H49N5O3S2. The Bertz CT molecular complexity index is 1010. The molecule has 3 aliphatic heterocycles. The minimum atomic E-state index is -0.304. The number of thioether (sulfide) groups is 1. The molecule has 1 saturated carbocycles. The molecule has 0 bridgehead atoms. The largest absolute Gasteiger partial charge is 0.378 e. The third-order valence-electron chi connectivity index (χ3n) is 9.38. The zero-order chi connectivity index (χ0) is 29.1. The lowest BCUT2D eigenvalue weighted by Gasteiger charge is -2.35. The maximum absolute atomic E-state index is 13.7. The van der Waals surface area contributed by atoms with Gasteiger partial charge in [-0.05, 0) is 37.2 Å². The van der Waals surface area contributed by atoms with E-state index in [0.717, 1.165) is 56.2 Å². The number of rotatable bonds is 11. The van der Waals surface area contributed by atoms with Crippen LogP contribution in [0.25, 0.3) is 0 Å². The van der Waals surface area contributed by atoms with Crippen molar-refractivity contribution in [3.63, 3.8) is 0 Å². The molecule has 0 unspecified atom stereocenters. The van der Waals surface area contributed by atoms with Gasteiger partial charge in [0.15, 0.2) is 0 Å². The standard InChI is InChI=1S/C32H49N5O3S2/c38-30(36-17-19-40-20-18-36)22-37-24-42-23-29(37)31(39)34-28(12-11-25-7-3-1-4-8-25)32(41)33-27-13-15-35(16-14-27)21-26-9-5-2-6-10-26/h2,5-6,9-10,25,27-29H,1,3-4,7-8,11-24H2,(H,33,41)(H,34,39)/t28-,29+/m1/s1. The SMILES string of the molecule is O=C(N[C@H](CCC1CCCCC1)C(=S)NC1CCN(Cc2ccccc2)CC1)[C@@H]1CSCN1CC(=O)N1CCOCC1. The Hall–Kier alpha value is -1.72. The summed E-state index contributed by atoms with van der Waals surface area (Å²) in [6, 6.07) is 10.5. The number of nitrogens with one attached hydrogen (secondary N) is 2. The molecule has 8 nitrogen and oxygen atoms in total. The van der Waals surface area contributed by atoms with Crippen molar-refractivity contribution < 1.29 is 14.3 Å². The van der Waals surface area contributed by atoms with Crippen LogP contribution in [0.5, 0.6) is 0 Å². The van der Waals surface area contributed by atoms with E-state index in [1.807, 2.05) is 9.80 Å². The van der Waals surface area contributed by atoms with E-state index in [4.69, 9.17) is 17.0 Å². The van der Waals surface area contributed by atoms with Gasteiger partial charge >= 0.3 is 0 Å². The van der Waals surface area contributed by atoms with Crippen molar-refractivity contribution in [1.29, 1.82) is 0 Å². The molecule has 2 N–H and O–H groups in total. The van der Waals surface area contributed by atoms with E-state index in [1.165, 1.54) is 37.7 Å². The van der Waals surface area contributed by atoms with E-state index >= 15 is 0 Å². The number of carbonyl (C=O) groups excluding carboxylic acids is 2. The second-order valence-corrected chi connectivity index (χ2v) is 13.9. The topological polar surface area (TPSA) is 77.2 Å². The van der Waals surface area contributed by atoms with Crippen molar-refractivity contribution in [2.24, 2.45) is 5.92 Å². The Morgan fingerprint density at radius 3 is 2.48 bits per heavy atom. The third-order valence-corrected chi connectivity index (χ3v) is 10.9. The van der Waals surface area contributed by atoms with E-state index in [2.05, 4.69) is 45.9 Å². The average Bonchev–Trinajstić information content (AvgIpc) is 3.49. The van der Waals surface area contributed by atoms with E-state index in [-0.39, 0.29) is 30.4 Å². The summed E-state index contributed by atoms with van der Waals surface area (Å²) in [5.74, 6) is 2.23. The van der Waals surface area contributed by atoms with Gasteiger partial charge in [0, 0.05) is 50.4 Å². The number of hydrogen-bond donors (Lipinski definition) is 2. The second-order valence-electron chi connectivity index (χ2n) is 12.4. The van der Waals surface area contributed by atoms with Crippen LogP contribution in [-0.4, -0.2) is 107 Å². The molecule has 0 radical (unpaired) electrons. The summed E-state index contributed by atoms with van der Waals surface area (Å²) >= 11 is 7.73. The van der Waals surface area contributed by atoms with Crippen LogP contribution in [0.3, 0.4) is 0 Å². The molecule has 232 valence electrons. The molecule has 4 fully saturated rings. The highest BCUT2D eigenvalue weighted by atomic mass is 32.2. The van der Waals surface area contributed by atoms with Crippen molar-refractivity contribution in [3.8, 4) is 0 Å². The smallest absolute Gasteiger partial charge is 0.238 e. The third kappa shape index (κ3) is 9.39. The summed E-state index contributed by atoms with van der Waals surface area (Å²) in [6.45, 7) is 5.78. The van der Waals surface area contributed by atoms with Gasteiger partial charge in [-0.25, -0.2) is 0 Å². The number of likely N-dealkylation sites (tertiary alicyclic amines) is 1. The molecule has 0 aromatic heterocycles. The van der Waals surface area contributed by atoms with Crippen LogP contribution in [0.2, 0.25) is 0 Å². The minimum absolute atomic E-state index is 0.00486. The van der Waals surface area contributed by atoms with Crippen molar-refractivity contribution in [3.05, 3.63) is 35.9 Å². The van der Waals surface area contributed by atoms with E-state index in [9.17, 15) is 9.59 Å². The number of morpholine rings is 1. The number of carbonyl (C=O) groups is 2. The number of piperidine rings is 1. The molecule has 42 heavy (non-hydrogen) atoms. The van der Waals surface area contributed by atoms with Crippen LogP contribution in [0, 0.1) is 5.92 Å². The van der Waals surface area contributed by atoms with Gasteiger partial charge in [0.05, 0.1) is 36.8 Å². The predicted molar refractivity (Wildman–Crippen MR) is 173 cm³/mol. The number of thiocarbonyl (C=S) groups is 1. The molecule has 1 aromatic carbocycles. The Labute approximate surface area is 261 Å². The quantitative estimate of drug-likeness (QED) is 0.366. The summed E-state index contributed by atoms with van der Waals surface area (Å²) in [4.78, 5) is 33.8. The lowest BCUT2D eigenvalue weighted by molar-refractivity contribution is -0.137. The number of nitrogens with zero attached hydrogens (tertiary/aromatic N) is 3. The van der Waals surface area contributed by atoms with Crippen LogP contribution < -0.4 is 10.6 Å². The number of amides is 2. The zero-order valence-corrected chi connectivity index (χ0v) is 26.6. The van der Waals surface area contributed by atoms with Crippen LogP contribution >= 0.6 is 24.0 Å². The lowest BCUT2D eigenvalue weighted by atomic mass is 9.85. The fourth-order valence-corrected chi connectivity index (χ4v) is 8.29. The van der Waals surface area contributed by atoms with Crippen LogP contribution in [0.15, 0.2) is 30.3 Å². The molecule has 3 heterocycles. The summed E-state index contributed by atoms with van der Waals surface area (Å²) in [6.07, 6.45) is 10.6. The maximum atomic E-state index is 13.7. The first-order valence-electron chi connectivity index (χ1n) is 16.1. The molecule has 2 atom stereocenters. The Morgan fingerprint density at radius 1 is 1.00 bits per heavy atom. The van der Waals surface area contributed by atoms with Crippen molar-refractivity contribution in [2.45, 2.75) is 82.5 Å². The first-order valence-corrected chi connectivity index (χ1v) is 17.7. The van der Waals surface area contributed by atoms with E-state index < -0.39 is 0 Å². The molecule has 4 aliphatic rings. The molecule has 1 aromatic rings. The van der Waals surface area contributed by atoms with Gasteiger partial charge in [0.1, 0.15) is 0 Å². The summed E-state index contributed by atoms with van der Waals surface area (Å²) in [5, 5.41) is 7.03. The number of hydrogen-bond acceptors (Lipinski definition) is 7. The summed E-state index contributed by atoms with van der Waals surface area (Å²) in [7, 11) is 0. The monoisotopic (exact) mass is 615 g/mol. The zero-order valence-electron chi connectivity index (χ0n) is 25.0. The average molecular weight is 616 g/mol. The Balaban J connectivity index is 1.14. The first kappa shape index (κ1) is 31.7. The van der Waals surface area contributed by atoms with Crippen molar-refractivity contribution in [1.82, 2.24) is 25.3 Å². The second kappa shape index (κ2) is 16.4. The Morgan fingerprint density at radius 2 is 1.74 bits per heavy atom. The molecule has 3 saturated heterocycles. The predicted octanol–water partition coefficient (Wildman–Crippen LogP) is 3.65. The molecule has 1 aliphatic carbocycles. The van der Waals surface area contributed by atoms with E-state index in [0.29, 0.717) is 44.0 Å². The van der Waals surface area contributed by atoms with Gasteiger partial charge in [0.25, 0.3) is 0 Å². The maximum Gasteiger partial charge on any atom is 0.238 e. The van der Waals surface area contributed by atoms with Gasteiger partial charge in [-0.3, -0.25) is 19.4 Å². The molecular weight excluding hydrogens is 567 g/mol. The van der Waals surface area contributed by atoms with Gasteiger partial charge in [-0.15, -0.1) is 11.8 Å². The van der Waals surface area contributed by atoms with Gasteiger partial charge in [-0.1, -0.05) is 74.7 Å². The molecule has 2 amide bonds. The van der Waals surface area contributed by atoms with Gasteiger partial charge in [0.2, 0.25) is 11.8 Å². The molecule has 10 heteroatoms. The molecule has 0 spiro atoms. The fourth-order valence-electron chi connectivity index (χ4n) is 6.75. The Kier molecular flexibility index (Phi) is 12.4. The highest BCUT2D eigenvalue weighted by Gasteiger charge is 2.35. The highest BCUT2D eigenvalue weighted by molar-refractivity contribution is 7.99. The normalized spacial score (nSPS) is 23.9. The lowest BCUT2D eigenvalue weighted by Crippen LogP contribution is -2.56. The van der Waals surface area contributed by atoms with E-state index in [1.54, 1.807) is 11.8 Å². The van der Waals surface area contributed by atoms with Crippen molar-refractivity contribution >= 4 is 40.8 Å². The van der Waals surface area contributed by atoms with Crippen LogP contribution in [0.4, 0.5) is 0 Å². The van der Waals surface area contributed by atoms with Gasteiger partial charge in [-0.2, -0.15) is 0 Å². The van der Waals surface area contributed by atoms with Crippen molar-refractivity contribution in [2.75, 3.05) is 57.6 Å². The summed E-state index contributed by atoms with van der Waals surface area (Å²) < 4.78 is 5.40. The fraction of sp³-hybridized carbons (Fsp3) is 0.719. The van der Waals surface area contributed by atoms with Gasteiger partial charge < -0.3 is 20.3 Å². The van der Waals surface area contributed by atoms with Crippen LogP contribution in [-0.2, 0) is 20.9 Å². The number of ether oxygens (including phenoxy) is 1.